The average molecular weight is 763 g/mol. The van der Waals surface area contributed by atoms with E-state index in [0.29, 0.717) is 19.3 Å². The summed E-state index contributed by atoms with van der Waals surface area (Å²) in [5.74, 6) is -0.902. The van der Waals surface area contributed by atoms with E-state index in [9.17, 15) is 14.4 Å². The molecule has 0 aromatic carbocycles. The van der Waals surface area contributed by atoms with Gasteiger partial charge in [0, 0.05) is 19.3 Å². The zero-order chi connectivity index (χ0) is 39.4. The first-order valence-corrected chi connectivity index (χ1v) is 23.7. The van der Waals surface area contributed by atoms with E-state index in [2.05, 4.69) is 32.9 Å². The van der Waals surface area contributed by atoms with E-state index in [4.69, 9.17) is 14.2 Å². The largest absolute Gasteiger partial charge is 0.462 e. The molecule has 0 bridgehead atoms. The van der Waals surface area contributed by atoms with Crippen molar-refractivity contribution in [3.63, 3.8) is 0 Å². The summed E-state index contributed by atoms with van der Waals surface area (Å²) in [4.78, 5) is 37.6. The lowest BCUT2D eigenvalue weighted by Gasteiger charge is -2.18. The molecule has 318 valence electrons. The van der Waals surface area contributed by atoms with Crippen LogP contribution in [0.25, 0.3) is 0 Å². The lowest BCUT2D eigenvalue weighted by Crippen LogP contribution is -2.30. The molecule has 0 amide bonds. The molecular formula is C48H90O6. The molecule has 1 unspecified atom stereocenters. The zero-order valence-electron chi connectivity index (χ0n) is 36.3. The minimum Gasteiger partial charge on any atom is -0.462 e. The van der Waals surface area contributed by atoms with Gasteiger partial charge in [0.05, 0.1) is 0 Å². The van der Waals surface area contributed by atoms with Crippen LogP contribution in [0, 0.1) is 0 Å². The molecule has 0 aliphatic rings. The Morgan fingerprint density at radius 3 is 1.00 bits per heavy atom. The number of hydrogen-bond donors (Lipinski definition) is 0. The highest BCUT2D eigenvalue weighted by atomic mass is 16.6. The third-order valence-electron chi connectivity index (χ3n) is 10.5. The normalized spacial score (nSPS) is 12.0. The molecule has 0 N–H and O–H groups in total. The van der Waals surface area contributed by atoms with Crippen LogP contribution >= 0.6 is 0 Å². The molecular weight excluding hydrogens is 673 g/mol. The van der Waals surface area contributed by atoms with Crippen LogP contribution in [0.5, 0.6) is 0 Å². The Balaban J connectivity index is 4.26. The highest BCUT2D eigenvalue weighted by Gasteiger charge is 2.19. The Kier molecular flexibility index (Phi) is 42.4. The minimum atomic E-state index is -0.771. The molecule has 0 aromatic rings. The second-order valence-electron chi connectivity index (χ2n) is 16.0. The molecule has 0 fully saturated rings. The van der Waals surface area contributed by atoms with Crippen LogP contribution in [0.15, 0.2) is 12.2 Å². The second-order valence-corrected chi connectivity index (χ2v) is 16.0. The van der Waals surface area contributed by atoms with Gasteiger partial charge in [0.1, 0.15) is 13.2 Å². The Labute approximate surface area is 335 Å². The van der Waals surface area contributed by atoms with Gasteiger partial charge in [0.15, 0.2) is 6.10 Å². The molecule has 0 aliphatic heterocycles. The molecule has 0 spiro atoms. The molecule has 1 atom stereocenters. The Hall–Kier alpha value is -1.85. The molecule has 0 saturated heterocycles. The van der Waals surface area contributed by atoms with Crippen molar-refractivity contribution in [3.8, 4) is 0 Å². The summed E-state index contributed by atoms with van der Waals surface area (Å²) >= 11 is 0. The smallest absolute Gasteiger partial charge is 0.306 e. The van der Waals surface area contributed by atoms with Crippen molar-refractivity contribution < 1.29 is 28.6 Å². The summed E-state index contributed by atoms with van der Waals surface area (Å²) < 4.78 is 16.7. The maximum Gasteiger partial charge on any atom is 0.306 e. The van der Waals surface area contributed by atoms with Gasteiger partial charge in [-0.15, -0.1) is 0 Å². The summed E-state index contributed by atoms with van der Waals surface area (Å²) in [6.45, 7) is 6.58. The maximum atomic E-state index is 12.7. The predicted octanol–water partition coefficient (Wildman–Crippen LogP) is 15.0. The van der Waals surface area contributed by atoms with Crippen molar-refractivity contribution in [1.29, 1.82) is 0 Å². The number of hydrogen-bond acceptors (Lipinski definition) is 6. The molecule has 6 heteroatoms. The van der Waals surface area contributed by atoms with Gasteiger partial charge in [-0.25, -0.2) is 0 Å². The van der Waals surface area contributed by atoms with Gasteiger partial charge < -0.3 is 14.2 Å². The fraction of sp³-hybridized carbons (Fsp3) is 0.896. The number of esters is 3. The molecule has 0 heterocycles. The van der Waals surface area contributed by atoms with Gasteiger partial charge in [-0.2, -0.15) is 0 Å². The first-order chi connectivity index (χ1) is 26.5. The molecule has 0 radical (unpaired) electrons. The van der Waals surface area contributed by atoms with Gasteiger partial charge in [-0.1, -0.05) is 213 Å². The van der Waals surface area contributed by atoms with Crippen molar-refractivity contribution in [3.05, 3.63) is 12.2 Å². The predicted molar refractivity (Wildman–Crippen MR) is 229 cm³/mol. The standard InChI is InChI=1S/C48H90O6/c1-4-7-10-13-16-19-21-22-23-24-25-26-27-30-32-35-38-41-47(50)53-44-45(43-52-46(49)40-37-34-31-28-18-15-12-9-6-3)54-48(51)42-39-36-33-29-20-17-14-11-8-5-2/h28,31,45H,4-27,29-30,32-44H2,1-3H3/b31-28-. The number of carbonyl (C=O) groups is 3. The summed E-state index contributed by atoms with van der Waals surface area (Å²) in [5.41, 5.74) is 0. The van der Waals surface area contributed by atoms with E-state index in [1.165, 1.54) is 161 Å². The summed E-state index contributed by atoms with van der Waals surface area (Å²) in [6, 6.07) is 0. The highest BCUT2D eigenvalue weighted by Crippen LogP contribution is 2.16. The van der Waals surface area contributed by atoms with Gasteiger partial charge >= 0.3 is 17.9 Å². The SMILES string of the molecule is CCCCCC/C=C\CCCC(=O)OCC(COC(=O)CCCCCCCCCCCCCCCCCCC)OC(=O)CCCCCCCCCCCC. The first-order valence-electron chi connectivity index (χ1n) is 23.7. The van der Waals surface area contributed by atoms with E-state index >= 15 is 0 Å². The summed E-state index contributed by atoms with van der Waals surface area (Å²) in [6.07, 6.45) is 46.4. The molecule has 0 aliphatic carbocycles. The molecule has 0 aromatic heterocycles. The molecule has 0 saturated carbocycles. The van der Waals surface area contributed by atoms with E-state index in [-0.39, 0.29) is 31.1 Å². The lowest BCUT2D eigenvalue weighted by atomic mass is 10.0. The van der Waals surface area contributed by atoms with Crippen LogP contribution in [0.4, 0.5) is 0 Å². The summed E-state index contributed by atoms with van der Waals surface area (Å²) in [5, 5.41) is 0. The van der Waals surface area contributed by atoms with Gasteiger partial charge in [0.2, 0.25) is 0 Å². The Morgan fingerprint density at radius 1 is 0.352 bits per heavy atom. The minimum absolute atomic E-state index is 0.0738. The third kappa shape index (κ3) is 41.3. The second kappa shape index (κ2) is 43.9. The van der Waals surface area contributed by atoms with Gasteiger partial charge in [-0.05, 0) is 38.5 Å². The summed E-state index contributed by atoms with van der Waals surface area (Å²) in [7, 11) is 0. The fourth-order valence-corrected chi connectivity index (χ4v) is 6.92. The van der Waals surface area contributed by atoms with Crippen LogP contribution < -0.4 is 0 Å². The van der Waals surface area contributed by atoms with Crippen molar-refractivity contribution in [2.45, 2.75) is 264 Å². The van der Waals surface area contributed by atoms with Crippen LogP contribution in [0.3, 0.4) is 0 Å². The fourth-order valence-electron chi connectivity index (χ4n) is 6.92. The number of carbonyl (C=O) groups excluding carboxylic acids is 3. The monoisotopic (exact) mass is 763 g/mol. The number of rotatable bonds is 43. The van der Waals surface area contributed by atoms with Crippen molar-refractivity contribution in [2.75, 3.05) is 13.2 Å². The lowest BCUT2D eigenvalue weighted by molar-refractivity contribution is -0.167. The Bertz CT molecular complexity index is 839. The average Bonchev–Trinajstić information content (AvgIpc) is 3.17. The Morgan fingerprint density at radius 2 is 0.630 bits per heavy atom. The van der Waals surface area contributed by atoms with E-state index < -0.39 is 6.10 Å². The van der Waals surface area contributed by atoms with Crippen molar-refractivity contribution >= 4 is 17.9 Å². The van der Waals surface area contributed by atoms with Gasteiger partial charge in [-0.3, -0.25) is 14.4 Å². The van der Waals surface area contributed by atoms with Crippen LogP contribution in [0.2, 0.25) is 0 Å². The van der Waals surface area contributed by atoms with Crippen molar-refractivity contribution in [1.82, 2.24) is 0 Å². The number of ether oxygens (including phenoxy) is 3. The van der Waals surface area contributed by atoms with Crippen LogP contribution in [0.1, 0.15) is 258 Å². The van der Waals surface area contributed by atoms with Crippen molar-refractivity contribution in [2.24, 2.45) is 0 Å². The molecule has 0 rings (SSSR count). The van der Waals surface area contributed by atoms with Crippen LogP contribution in [-0.4, -0.2) is 37.2 Å². The topological polar surface area (TPSA) is 78.9 Å². The maximum absolute atomic E-state index is 12.7. The van der Waals surface area contributed by atoms with E-state index in [1.54, 1.807) is 0 Å². The highest BCUT2D eigenvalue weighted by molar-refractivity contribution is 5.71. The van der Waals surface area contributed by atoms with Crippen LogP contribution in [-0.2, 0) is 28.6 Å². The van der Waals surface area contributed by atoms with E-state index in [1.807, 2.05) is 0 Å². The first kappa shape index (κ1) is 52.2. The number of allylic oxidation sites excluding steroid dienone is 2. The molecule has 54 heavy (non-hydrogen) atoms. The zero-order valence-corrected chi connectivity index (χ0v) is 36.3. The van der Waals surface area contributed by atoms with E-state index in [0.717, 1.165) is 57.8 Å². The van der Waals surface area contributed by atoms with Gasteiger partial charge in [0.25, 0.3) is 0 Å². The number of unbranched alkanes of at least 4 members (excludes halogenated alkanes) is 30. The quantitative estimate of drug-likeness (QED) is 0.0266. The third-order valence-corrected chi connectivity index (χ3v) is 10.5. The molecule has 6 nitrogen and oxygen atoms in total.